The minimum absolute atomic E-state index is 0.0842. The van der Waals surface area contributed by atoms with Crippen molar-refractivity contribution >= 4 is 28.2 Å². The molecular formula is C49H79ClF6N2. The van der Waals surface area contributed by atoms with Crippen LogP contribution in [0.5, 0.6) is 0 Å². The number of H-pyrrole nitrogens is 1. The first-order chi connectivity index (χ1) is 27.2. The van der Waals surface area contributed by atoms with Crippen LogP contribution in [0.3, 0.4) is 0 Å². The van der Waals surface area contributed by atoms with Crippen LogP contribution in [0.25, 0.3) is 10.9 Å². The van der Waals surface area contributed by atoms with Crippen molar-refractivity contribution in [3.05, 3.63) is 94.4 Å². The van der Waals surface area contributed by atoms with Gasteiger partial charge in [-0.15, -0.1) is 0 Å². The number of allylic oxidation sites excluding steroid dienone is 8. The van der Waals surface area contributed by atoms with Crippen LogP contribution >= 0.6 is 11.6 Å². The summed E-state index contributed by atoms with van der Waals surface area (Å²) in [6.07, 6.45) is 11.2. The summed E-state index contributed by atoms with van der Waals surface area (Å²) in [5.74, 6) is 1.26. The Morgan fingerprint density at radius 3 is 1.86 bits per heavy atom. The molecule has 1 N–H and O–H groups in total. The standard InChI is InChI=1S/C25H34ClN.C11H13F6N.C7H16.C4H10.C2H6/c1-6-9-11-20(14-13-18(4)8-3)19(5)25-22(12-10-7-2)23-17-21(26)15-16-24(23)27-25;1-4-5-8(3)18-9(11(15,16)17)6-7(2)10(12,13)14;1-4-6-7(3)5-2;1-3-4-2;1-2/h11,13-17,19,27H,4,6-10,12H2,1-3,5H3;6H,2,4-5H2,1,3H3;7H,4-6H2,1-3H3;3-4H2,1-2H3;1-2H3/b14-13-,20-11+;9-6-,18-8?;;;/t19-;;;;/m0..../s1. The number of nitrogens with one attached hydrogen (secondary N) is 1. The van der Waals surface area contributed by atoms with Gasteiger partial charge in [0.05, 0.1) is 5.57 Å². The molecule has 0 aliphatic rings. The molecule has 1 aromatic heterocycles. The van der Waals surface area contributed by atoms with Crippen LogP contribution in [0.2, 0.25) is 5.02 Å². The van der Waals surface area contributed by atoms with E-state index in [1.807, 2.05) is 19.9 Å². The quantitative estimate of drug-likeness (QED) is 0.0880. The molecule has 0 saturated carbocycles. The molecule has 1 aromatic carbocycles. The molecule has 2 nitrogen and oxygen atoms in total. The Morgan fingerprint density at radius 2 is 1.43 bits per heavy atom. The molecule has 0 aliphatic carbocycles. The highest BCUT2D eigenvalue weighted by Crippen LogP contribution is 2.35. The van der Waals surface area contributed by atoms with Gasteiger partial charge in [-0.25, -0.2) is 0 Å². The van der Waals surface area contributed by atoms with Crippen molar-refractivity contribution < 1.29 is 26.3 Å². The van der Waals surface area contributed by atoms with Crippen LogP contribution in [0.4, 0.5) is 26.3 Å². The lowest BCUT2D eigenvalue weighted by molar-refractivity contribution is -0.0959. The average molecular weight is 846 g/mol. The smallest absolute Gasteiger partial charge is 0.358 e. The number of rotatable bonds is 18. The van der Waals surface area contributed by atoms with Gasteiger partial charge in [-0.1, -0.05) is 183 Å². The molecule has 0 radical (unpaired) electrons. The maximum atomic E-state index is 12.5. The van der Waals surface area contributed by atoms with E-state index < -0.39 is 23.6 Å². The number of aromatic amines is 1. The van der Waals surface area contributed by atoms with Gasteiger partial charge in [-0.05, 0) is 80.4 Å². The van der Waals surface area contributed by atoms with Crippen molar-refractivity contribution in [3.8, 4) is 0 Å². The van der Waals surface area contributed by atoms with Gasteiger partial charge < -0.3 is 4.98 Å². The molecule has 2 atom stereocenters. The van der Waals surface area contributed by atoms with Crippen LogP contribution in [0.15, 0.2) is 83.1 Å². The summed E-state index contributed by atoms with van der Waals surface area (Å²) >= 11 is 6.30. The summed E-state index contributed by atoms with van der Waals surface area (Å²) in [6.45, 7) is 33.8. The van der Waals surface area contributed by atoms with Crippen LogP contribution in [0.1, 0.15) is 184 Å². The molecule has 2 rings (SSSR count). The third-order valence-corrected chi connectivity index (χ3v) is 9.35. The number of aromatic nitrogens is 1. The van der Waals surface area contributed by atoms with E-state index in [2.05, 4.69) is 116 Å². The first-order valence-corrected chi connectivity index (χ1v) is 22.0. The summed E-state index contributed by atoms with van der Waals surface area (Å²) in [6, 6.07) is 6.18. The number of benzene rings is 1. The van der Waals surface area contributed by atoms with E-state index in [1.54, 1.807) is 6.92 Å². The second-order valence-electron chi connectivity index (χ2n) is 14.3. The lowest BCUT2D eigenvalue weighted by atomic mass is 9.90. The van der Waals surface area contributed by atoms with Crippen LogP contribution < -0.4 is 0 Å². The number of alkyl halides is 6. The fraction of sp³-hybridized carbons (Fsp3) is 0.612. The Hall–Kier alpha value is -3.00. The zero-order valence-corrected chi connectivity index (χ0v) is 39.2. The molecule has 9 heteroatoms. The first-order valence-electron chi connectivity index (χ1n) is 21.7. The minimum atomic E-state index is -4.94. The number of fused-ring (bicyclic) bond motifs is 1. The van der Waals surface area contributed by atoms with Gasteiger partial charge in [0, 0.05) is 33.2 Å². The monoisotopic (exact) mass is 845 g/mol. The average Bonchev–Trinajstić information content (AvgIpc) is 3.54. The van der Waals surface area contributed by atoms with Crippen LogP contribution in [0, 0.1) is 5.92 Å². The summed E-state index contributed by atoms with van der Waals surface area (Å²) in [5.41, 5.74) is 3.42. The van der Waals surface area contributed by atoms with Crippen molar-refractivity contribution in [1.29, 1.82) is 0 Å². The number of aliphatic imine (C=N–C) groups is 1. The van der Waals surface area contributed by atoms with Gasteiger partial charge in [0.1, 0.15) is 5.70 Å². The number of hydrogen-bond acceptors (Lipinski definition) is 1. The molecule has 1 unspecified atom stereocenters. The van der Waals surface area contributed by atoms with Crippen molar-refractivity contribution in [3.63, 3.8) is 0 Å². The van der Waals surface area contributed by atoms with E-state index >= 15 is 0 Å². The van der Waals surface area contributed by atoms with E-state index in [-0.39, 0.29) is 18.2 Å². The van der Waals surface area contributed by atoms with E-state index in [0.717, 1.165) is 36.6 Å². The van der Waals surface area contributed by atoms with Gasteiger partial charge in [0.2, 0.25) is 0 Å². The molecule has 1 heterocycles. The summed E-state index contributed by atoms with van der Waals surface area (Å²) in [4.78, 5) is 6.89. The van der Waals surface area contributed by atoms with Crippen molar-refractivity contribution in [2.75, 3.05) is 0 Å². The molecule has 0 spiro atoms. The predicted molar refractivity (Wildman–Crippen MR) is 246 cm³/mol. The van der Waals surface area contributed by atoms with E-state index in [9.17, 15) is 26.3 Å². The second-order valence-corrected chi connectivity index (χ2v) is 14.8. The van der Waals surface area contributed by atoms with E-state index in [1.165, 1.54) is 85.2 Å². The SMILES string of the molecule is C=C(/C=C(\N=C(C)CCC)C(F)(F)F)C(F)(F)F.C=C(/C=C\C(=C/CCC)[C@H](C)c1[nH]c2ccc(Cl)cc2c1CCCC)CC.CC.CCCC.CCCC(C)CC. The van der Waals surface area contributed by atoms with Gasteiger partial charge >= 0.3 is 12.4 Å². The summed E-state index contributed by atoms with van der Waals surface area (Å²) in [7, 11) is 0. The Morgan fingerprint density at radius 1 is 0.828 bits per heavy atom. The third kappa shape index (κ3) is 26.2. The number of aryl methyl sites for hydroxylation is 1. The number of nitrogens with zero attached hydrogens (tertiary/aromatic N) is 1. The lowest BCUT2D eigenvalue weighted by Gasteiger charge is -2.15. The Labute approximate surface area is 355 Å². The molecule has 2 aromatic rings. The molecule has 0 amide bonds. The molecule has 0 bridgehead atoms. The largest absolute Gasteiger partial charge is 0.433 e. The van der Waals surface area contributed by atoms with Crippen molar-refractivity contribution in [2.45, 2.75) is 192 Å². The highest BCUT2D eigenvalue weighted by Gasteiger charge is 2.38. The fourth-order valence-electron chi connectivity index (χ4n) is 5.18. The zero-order chi connectivity index (χ0) is 45.5. The molecule has 58 heavy (non-hydrogen) atoms. The third-order valence-electron chi connectivity index (χ3n) is 9.12. The van der Waals surface area contributed by atoms with Gasteiger partial charge in [-0.3, -0.25) is 4.99 Å². The predicted octanol–water partition coefficient (Wildman–Crippen LogP) is 19.0. The fourth-order valence-corrected chi connectivity index (χ4v) is 5.35. The zero-order valence-electron chi connectivity index (χ0n) is 38.4. The normalized spacial score (nSPS) is 13.3. The van der Waals surface area contributed by atoms with Crippen molar-refractivity contribution in [1.82, 2.24) is 4.98 Å². The maximum Gasteiger partial charge on any atom is 0.433 e. The molecule has 0 aliphatic heterocycles. The topological polar surface area (TPSA) is 28.1 Å². The maximum absolute atomic E-state index is 12.5. The summed E-state index contributed by atoms with van der Waals surface area (Å²) in [5, 5.41) is 2.08. The molecule has 334 valence electrons. The number of halogens is 7. The minimum Gasteiger partial charge on any atom is -0.358 e. The first kappa shape index (κ1) is 59.3. The van der Waals surface area contributed by atoms with Crippen molar-refractivity contribution in [2.24, 2.45) is 10.9 Å². The second kappa shape index (κ2) is 33.8. The van der Waals surface area contributed by atoms with Gasteiger partial charge in [-0.2, -0.15) is 26.3 Å². The lowest BCUT2D eigenvalue weighted by Crippen LogP contribution is -2.15. The highest BCUT2D eigenvalue weighted by molar-refractivity contribution is 6.31. The Bertz CT molecular complexity index is 1520. The highest BCUT2D eigenvalue weighted by atomic mass is 35.5. The van der Waals surface area contributed by atoms with Gasteiger partial charge in [0.25, 0.3) is 0 Å². The van der Waals surface area contributed by atoms with Gasteiger partial charge in [0.15, 0.2) is 0 Å². The summed E-state index contributed by atoms with van der Waals surface area (Å²) < 4.78 is 73.8. The van der Waals surface area contributed by atoms with E-state index in [0.29, 0.717) is 12.3 Å². The Balaban J connectivity index is -0.000000836. The Kier molecular flexibility index (Phi) is 34.6. The molecule has 0 saturated heterocycles. The van der Waals surface area contributed by atoms with E-state index in [4.69, 9.17) is 11.6 Å². The number of hydrogen-bond donors (Lipinski definition) is 1. The number of unbranched alkanes of at least 4 members (excludes halogenated alkanes) is 3. The van der Waals surface area contributed by atoms with Crippen LogP contribution in [-0.2, 0) is 6.42 Å². The molecular weight excluding hydrogens is 766 g/mol. The molecule has 0 fully saturated rings. The van der Waals surface area contributed by atoms with Crippen LogP contribution in [-0.4, -0.2) is 23.0 Å².